The SMILES string of the molecule is COC(=O)C1=C[C@H](O)C[C@H]2[C@]3(C)C[C@@H](c4ccoc4)OC(=O)[C@@H]3C[C@@H](O[C@@H]3O[C@H](CO)[C@@H](O)[C@H](O)[C@H]3O)[C@@]12C. The molecule has 0 radical (unpaired) electrons. The summed E-state index contributed by atoms with van der Waals surface area (Å²) in [5.74, 6) is -2.33. The lowest BCUT2D eigenvalue weighted by Gasteiger charge is -2.62. The molecule has 2 aliphatic carbocycles. The molecule has 4 aliphatic rings. The molecular weight excluding hydrogens is 516 g/mol. The highest BCUT2D eigenvalue weighted by atomic mass is 16.7. The van der Waals surface area contributed by atoms with Crippen LogP contribution in [-0.2, 0) is 28.5 Å². The number of fused-ring (bicyclic) bond motifs is 3. The van der Waals surface area contributed by atoms with Gasteiger partial charge in [-0.1, -0.05) is 13.8 Å². The van der Waals surface area contributed by atoms with Crippen LogP contribution in [0.2, 0.25) is 0 Å². The van der Waals surface area contributed by atoms with Crippen LogP contribution in [0.15, 0.2) is 34.7 Å². The van der Waals surface area contributed by atoms with Gasteiger partial charge in [0.15, 0.2) is 6.29 Å². The third-order valence-electron chi connectivity index (χ3n) is 9.49. The molecule has 3 fully saturated rings. The molecule has 1 aromatic rings. The van der Waals surface area contributed by atoms with E-state index in [-0.39, 0.29) is 18.4 Å². The first kappa shape index (κ1) is 28.2. The third-order valence-corrected chi connectivity index (χ3v) is 9.49. The highest BCUT2D eigenvalue weighted by molar-refractivity contribution is 5.91. The fourth-order valence-electron chi connectivity index (χ4n) is 7.33. The number of methoxy groups -OCH3 is 1. The van der Waals surface area contributed by atoms with Gasteiger partial charge in [0.2, 0.25) is 0 Å². The van der Waals surface area contributed by atoms with Crippen LogP contribution in [0.5, 0.6) is 0 Å². The van der Waals surface area contributed by atoms with Crippen LogP contribution >= 0.6 is 0 Å². The Morgan fingerprint density at radius 1 is 1.13 bits per heavy atom. The predicted molar refractivity (Wildman–Crippen MR) is 129 cm³/mol. The van der Waals surface area contributed by atoms with E-state index in [1.165, 1.54) is 25.7 Å². The van der Waals surface area contributed by atoms with Gasteiger partial charge in [0.1, 0.15) is 30.5 Å². The van der Waals surface area contributed by atoms with Crippen molar-refractivity contribution in [1.82, 2.24) is 0 Å². The standard InChI is InChI=1S/C27H36O12/c1-26-9-16(12-4-5-36-11-12)37-24(34)14(26)8-19(39-25-22(32)21(31)20(30)17(10-28)38-25)27(2)15(23(33)35-3)6-13(29)7-18(26)27/h4-6,11,13-14,16-22,25,28-32H,7-10H2,1-3H3/t13-,14-,16-,17+,18-,19+,20+,21-,22+,25-,26+,27-/m0/s1. The van der Waals surface area contributed by atoms with Gasteiger partial charge in [-0.05, 0) is 42.7 Å². The molecule has 0 aromatic carbocycles. The average Bonchev–Trinajstić information content (AvgIpc) is 3.45. The Morgan fingerprint density at radius 3 is 2.51 bits per heavy atom. The first-order valence-corrected chi connectivity index (χ1v) is 13.1. The molecule has 12 nitrogen and oxygen atoms in total. The van der Waals surface area contributed by atoms with E-state index < -0.39 is 90.2 Å². The number of aliphatic hydroxyl groups is 5. The van der Waals surface area contributed by atoms with Crippen LogP contribution in [0.25, 0.3) is 0 Å². The van der Waals surface area contributed by atoms with Crippen LogP contribution in [0.3, 0.4) is 0 Å². The molecule has 1 saturated carbocycles. The summed E-state index contributed by atoms with van der Waals surface area (Å²) in [7, 11) is 1.23. The first-order chi connectivity index (χ1) is 18.4. The van der Waals surface area contributed by atoms with Crippen molar-refractivity contribution in [2.45, 2.75) is 82.1 Å². The number of hydrogen-bond acceptors (Lipinski definition) is 12. The van der Waals surface area contributed by atoms with E-state index in [9.17, 15) is 35.1 Å². The number of ether oxygens (including phenoxy) is 4. The molecule has 0 spiro atoms. The van der Waals surface area contributed by atoms with E-state index in [1.807, 2.05) is 6.92 Å². The zero-order valence-electron chi connectivity index (χ0n) is 22.0. The Hall–Kier alpha value is -2.32. The van der Waals surface area contributed by atoms with E-state index in [1.54, 1.807) is 13.0 Å². The lowest BCUT2D eigenvalue weighted by atomic mass is 9.44. The van der Waals surface area contributed by atoms with Crippen molar-refractivity contribution in [1.29, 1.82) is 0 Å². The monoisotopic (exact) mass is 552 g/mol. The fraction of sp³-hybridized carbons (Fsp3) is 0.704. The summed E-state index contributed by atoms with van der Waals surface area (Å²) in [5, 5.41) is 51.7. The number of cyclic esters (lactones) is 1. The van der Waals surface area contributed by atoms with Crippen molar-refractivity contribution in [2.24, 2.45) is 22.7 Å². The third kappa shape index (κ3) is 4.42. The molecule has 12 heteroatoms. The highest BCUT2D eigenvalue weighted by Gasteiger charge is 2.66. The molecule has 0 amide bonds. The van der Waals surface area contributed by atoms with E-state index in [4.69, 9.17) is 23.4 Å². The Morgan fingerprint density at radius 2 is 1.87 bits per heavy atom. The van der Waals surface area contributed by atoms with Crippen molar-refractivity contribution in [3.05, 3.63) is 35.8 Å². The summed E-state index contributed by atoms with van der Waals surface area (Å²) in [6.07, 6.45) is -5.02. The molecule has 1 aromatic heterocycles. The summed E-state index contributed by atoms with van der Waals surface area (Å²) >= 11 is 0. The van der Waals surface area contributed by atoms with Gasteiger partial charge in [0, 0.05) is 16.6 Å². The average molecular weight is 553 g/mol. The van der Waals surface area contributed by atoms with Gasteiger partial charge in [0.05, 0.1) is 44.4 Å². The first-order valence-electron chi connectivity index (χ1n) is 13.1. The minimum Gasteiger partial charge on any atom is -0.472 e. The molecule has 216 valence electrons. The van der Waals surface area contributed by atoms with Gasteiger partial charge in [-0.3, -0.25) is 4.79 Å². The van der Waals surface area contributed by atoms with E-state index in [0.717, 1.165) is 0 Å². The van der Waals surface area contributed by atoms with Gasteiger partial charge in [-0.25, -0.2) is 4.79 Å². The van der Waals surface area contributed by atoms with Crippen LogP contribution in [0, 0.1) is 22.7 Å². The maximum absolute atomic E-state index is 13.5. The minimum absolute atomic E-state index is 0.0693. The van der Waals surface area contributed by atoms with Crippen molar-refractivity contribution in [3.63, 3.8) is 0 Å². The number of esters is 2. The number of carbonyl (C=O) groups is 2. The van der Waals surface area contributed by atoms with Crippen LogP contribution in [0.1, 0.15) is 44.8 Å². The number of rotatable bonds is 5. The largest absolute Gasteiger partial charge is 0.472 e. The van der Waals surface area contributed by atoms with Crippen molar-refractivity contribution >= 4 is 11.9 Å². The zero-order chi connectivity index (χ0) is 28.3. The molecule has 2 saturated heterocycles. The molecule has 39 heavy (non-hydrogen) atoms. The Bertz CT molecular complexity index is 1100. The minimum atomic E-state index is -1.68. The predicted octanol–water partition coefficient (Wildman–Crippen LogP) is -0.0346. The Balaban J connectivity index is 1.56. The second kappa shape index (κ2) is 10.3. The van der Waals surface area contributed by atoms with Crippen molar-refractivity contribution in [3.8, 4) is 0 Å². The summed E-state index contributed by atoms with van der Waals surface area (Å²) in [6.45, 7) is 3.11. The van der Waals surface area contributed by atoms with E-state index in [2.05, 4.69) is 0 Å². The quantitative estimate of drug-likeness (QED) is 0.308. The van der Waals surface area contributed by atoms with Crippen LogP contribution < -0.4 is 0 Å². The smallest absolute Gasteiger partial charge is 0.334 e. The fourth-order valence-corrected chi connectivity index (χ4v) is 7.33. The maximum Gasteiger partial charge on any atom is 0.334 e. The van der Waals surface area contributed by atoms with Crippen molar-refractivity contribution in [2.75, 3.05) is 13.7 Å². The maximum atomic E-state index is 13.5. The van der Waals surface area contributed by atoms with Crippen LogP contribution in [-0.4, -0.2) is 94.1 Å². The van der Waals surface area contributed by atoms with Gasteiger partial charge >= 0.3 is 11.9 Å². The van der Waals surface area contributed by atoms with E-state index in [0.29, 0.717) is 12.0 Å². The molecule has 12 atom stereocenters. The Labute approximate surface area is 225 Å². The van der Waals surface area contributed by atoms with Gasteiger partial charge in [0.25, 0.3) is 0 Å². The molecule has 3 heterocycles. The van der Waals surface area contributed by atoms with Gasteiger partial charge in [-0.2, -0.15) is 0 Å². The zero-order valence-corrected chi connectivity index (χ0v) is 22.0. The molecule has 0 unspecified atom stereocenters. The van der Waals surface area contributed by atoms with Crippen LogP contribution in [0.4, 0.5) is 0 Å². The lowest BCUT2D eigenvalue weighted by Crippen LogP contribution is -2.65. The normalized spacial score (nSPS) is 45.9. The number of hydrogen-bond donors (Lipinski definition) is 5. The molecule has 0 bridgehead atoms. The highest BCUT2D eigenvalue weighted by Crippen LogP contribution is 2.65. The molecule has 2 aliphatic heterocycles. The molecule has 5 rings (SSSR count). The second-order valence-corrected chi connectivity index (χ2v) is 11.5. The Kier molecular flexibility index (Phi) is 7.42. The summed E-state index contributed by atoms with van der Waals surface area (Å²) < 4.78 is 28.0. The summed E-state index contributed by atoms with van der Waals surface area (Å²) in [4.78, 5) is 26.6. The summed E-state index contributed by atoms with van der Waals surface area (Å²) in [5.41, 5.74) is -1.02. The van der Waals surface area contributed by atoms with Gasteiger partial charge < -0.3 is 48.9 Å². The number of carbonyl (C=O) groups excluding carboxylic acids is 2. The van der Waals surface area contributed by atoms with Gasteiger partial charge in [-0.15, -0.1) is 0 Å². The summed E-state index contributed by atoms with van der Waals surface area (Å²) in [6, 6.07) is 1.73. The topological polar surface area (TPSA) is 185 Å². The number of aliphatic hydroxyl groups excluding tert-OH is 5. The lowest BCUT2D eigenvalue weighted by molar-refractivity contribution is -0.329. The molecule has 5 N–H and O–H groups in total. The number of furan rings is 1. The van der Waals surface area contributed by atoms with Crippen molar-refractivity contribution < 1.29 is 58.5 Å². The molecular formula is C27H36O12. The second-order valence-electron chi connectivity index (χ2n) is 11.5. The van der Waals surface area contributed by atoms with E-state index >= 15 is 0 Å².